The highest BCUT2D eigenvalue weighted by Gasteiger charge is 2.29. The van der Waals surface area contributed by atoms with E-state index in [1.807, 2.05) is 6.07 Å². The van der Waals surface area contributed by atoms with Crippen LogP contribution in [0.2, 0.25) is 0 Å². The van der Waals surface area contributed by atoms with Gasteiger partial charge in [0.05, 0.1) is 24.0 Å². The maximum absolute atomic E-state index is 15.1. The number of methoxy groups -OCH3 is 1. The first kappa shape index (κ1) is 23.8. The van der Waals surface area contributed by atoms with Crippen LogP contribution in [-0.4, -0.2) is 60.4 Å². The van der Waals surface area contributed by atoms with Gasteiger partial charge in [0.25, 0.3) is 0 Å². The number of hydrogen-bond acceptors (Lipinski definition) is 7. The molecule has 0 bridgehead atoms. The zero-order valence-corrected chi connectivity index (χ0v) is 18.8. The van der Waals surface area contributed by atoms with Gasteiger partial charge in [-0.15, -0.1) is 0 Å². The summed E-state index contributed by atoms with van der Waals surface area (Å²) in [6.07, 6.45) is 0.738. The molecule has 1 saturated heterocycles. The van der Waals surface area contributed by atoms with Crippen molar-refractivity contribution in [1.29, 1.82) is 5.26 Å². The van der Waals surface area contributed by atoms with E-state index in [0.717, 1.165) is 23.8 Å². The molecule has 0 unspecified atom stereocenters. The molecule has 9 nitrogen and oxygen atoms in total. The maximum atomic E-state index is 15.1. The van der Waals surface area contributed by atoms with E-state index >= 15 is 8.78 Å². The highest BCUT2D eigenvalue weighted by atomic mass is 19.1. The predicted molar refractivity (Wildman–Crippen MR) is 116 cm³/mol. The van der Waals surface area contributed by atoms with Gasteiger partial charge in [0, 0.05) is 44.5 Å². The molecule has 1 amide bonds. The monoisotopic (exact) mass is 461 g/mol. The number of carbonyl (C=O) groups is 2. The second-order valence-electron chi connectivity index (χ2n) is 8.49. The van der Waals surface area contributed by atoms with Crippen molar-refractivity contribution in [2.75, 3.05) is 43.9 Å². The third kappa shape index (κ3) is 4.84. The average molecular weight is 461 g/mol. The molecule has 2 aromatic rings. The number of esters is 1. The fraction of sp³-hybridized carbons (Fsp3) is 0.409. The summed E-state index contributed by atoms with van der Waals surface area (Å²) in [5, 5.41) is 9.22. The number of carbonyl (C=O) groups excluding carboxylic acids is 2. The lowest BCUT2D eigenvalue weighted by Crippen LogP contribution is -2.50. The number of nitriles is 1. The summed E-state index contributed by atoms with van der Waals surface area (Å²) < 4.78 is 41.2. The van der Waals surface area contributed by atoms with Crippen molar-refractivity contribution in [1.82, 2.24) is 9.47 Å². The number of piperazine rings is 1. The molecule has 1 fully saturated rings. The van der Waals surface area contributed by atoms with E-state index in [2.05, 4.69) is 4.74 Å². The molecule has 0 radical (unpaired) electrons. The van der Waals surface area contributed by atoms with Gasteiger partial charge in [0.2, 0.25) is 0 Å². The number of ether oxygens (including phenoxy) is 2. The van der Waals surface area contributed by atoms with Crippen molar-refractivity contribution in [3.63, 3.8) is 0 Å². The molecule has 11 heteroatoms. The fourth-order valence-corrected chi connectivity index (χ4v) is 3.55. The minimum Gasteiger partial charge on any atom is -0.464 e. The molecule has 0 spiro atoms. The number of anilines is 2. The van der Waals surface area contributed by atoms with Crippen LogP contribution < -0.4 is 10.6 Å². The lowest BCUT2D eigenvalue weighted by Gasteiger charge is -2.37. The predicted octanol–water partition coefficient (Wildman–Crippen LogP) is 3.05. The first-order valence-corrected chi connectivity index (χ1v) is 10.2. The van der Waals surface area contributed by atoms with Crippen LogP contribution in [0, 0.1) is 23.0 Å². The van der Waals surface area contributed by atoms with Crippen molar-refractivity contribution in [2.24, 2.45) is 0 Å². The lowest BCUT2D eigenvalue weighted by molar-refractivity contribution is 0.0240. The van der Waals surface area contributed by atoms with Gasteiger partial charge in [0.1, 0.15) is 17.4 Å². The Morgan fingerprint density at radius 1 is 1.12 bits per heavy atom. The van der Waals surface area contributed by atoms with Crippen molar-refractivity contribution in [2.45, 2.75) is 26.4 Å². The summed E-state index contributed by atoms with van der Waals surface area (Å²) in [5.41, 5.74) is 4.55. The largest absolute Gasteiger partial charge is 0.464 e. The molecule has 2 N–H and O–H groups in total. The molecular formula is C22H25F2N5O4. The van der Waals surface area contributed by atoms with Gasteiger partial charge in [0.15, 0.2) is 17.3 Å². The minimum atomic E-state index is -0.864. The molecule has 0 atom stereocenters. The highest BCUT2D eigenvalue weighted by Crippen LogP contribution is 2.31. The van der Waals surface area contributed by atoms with Gasteiger partial charge in [-0.2, -0.15) is 5.26 Å². The molecule has 1 aromatic carbocycles. The second kappa shape index (κ2) is 8.97. The number of nitrogens with zero attached hydrogens (tertiary/aromatic N) is 4. The summed E-state index contributed by atoms with van der Waals surface area (Å²) >= 11 is 0. The Kier molecular flexibility index (Phi) is 6.48. The van der Waals surface area contributed by atoms with Crippen LogP contribution in [0.5, 0.6) is 0 Å². The number of nitrogen functional groups attached to an aromatic ring is 1. The molecule has 176 valence electrons. The smallest absolute Gasteiger partial charge is 0.410 e. The zero-order valence-electron chi connectivity index (χ0n) is 18.8. The SMILES string of the molecule is COC(=O)c1c(N)c(C#N)cn1-c1cc(F)c(N2CCN(C(=O)OC(C)(C)C)CC2)c(F)c1. The second-order valence-corrected chi connectivity index (χ2v) is 8.49. The summed E-state index contributed by atoms with van der Waals surface area (Å²) in [4.78, 5) is 27.4. The Morgan fingerprint density at radius 2 is 1.70 bits per heavy atom. The van der Waals surface area contributed by atoms with Gasteiger partial charge >= 0.3 is 12.1 Å². The Bertz CT molecular complexity index is 1100. The summed E-state index contributed by atoms with van der Waals surface area (Å²) in [7, 11) is 1.13. The first-order chi connectivity index (χ1) is 15.5. The van der Waals surface area contributed by atoms with Crippen molar-refractivity contribution in [3.05, 3.63) is 41.2 Å². The van der Waals surface area contributed by atoms with Gasteiger partial charge in [-0.25, -0.2) is 18.4 Å². The van der Waals surface area contributed by atoms with E-state index < -0.39 is 29.3 Å². The molecule has 2 heterocycles. The van der Waals surface area contributed by atoms with Gasteiger partial charge in [-0.1, -0.05) is 0 Å². The number of amides is 1. The molecular weight excluding hydrogens is 436 g/mol. The third-order valence-electron chi connectivity index (χ3n) is 5.07. The molecule has 1 aliphatic rings. The van der Waals surface area contributed by atoms with Crippen LogP contribution in [0.3, 0.4) is 0 Å². The Hall–Kier alpha value is -3.81. The number of nitrogens with two attached hydrogens (primary N) is 1. The summed E-state index contributed by atoms with van der Waals surface area (Å²) in [6.45, 7) is 6.16. The molecule has 0 aliphatic carbocycles. The van der Waals surface area contributed by atoms with E-state index in [4.69, 9.17) is 10.5 Å². The lowest BCUT2D eigenvalue weighted by atomic mass is 10.2. The Morgan fingerprint density at radius 3 is 2.18 bits per heavy atom. The van der Waals surface area contributed by atoms with E-state index in [1.54, 1.807) is 20.8 Å². The van der Waals surface area contributed by atoms with Crippen LogP contribution in [0.15, 0.2) is 18.3 Å². The molecule has 1 aliphatic heterocycles. The molecule has 3 rings (SSSR count). The van der Waals surface area contributed by atoms with Crippen LogP contribution in [0.25, 0.3) is 5.69 Å². The average Bonchev–Trinajstić information content (AvgIpc) is 3.08. The zero-order chi connectivity index (χ0) is 24.5. The third-order valence-corrected chi connectivity index (χ3v) is 5.07. The van der Waals surface area contributed by atoms with Crippen molar-refractivity contribution < 1.29 is 27.8 Å². The van der Waals surface area contributed by atoms with E-state index in [9.17, 15) is 14.9 Å². The van der Waals surface area contributed by atoms with Gasteiger partial charge < -0.3 is 29.6 Å². The number of aromatic nitrogens is 1. The van der Waals surface area contributed by atoms with Gasteiger partial charge in [-0.05, 0) is 20.8 Å². The number of hydrogen-bond donors (Lipinski definition) is 1. The molecule has 0 saturated carbocycles. The minimum absolute atomic E-state index is 0.0291. The first-order valence-electron chi connectivity index (χ1n) is 10.2. The van der Waals surface area contributed by atoms with Crippen LogP contribution in [0.4, 0.5) is 25.0 Å². The van der Waals surface area contributed by atoms with Crippen molar-refractivity contribution in [3.8, 4) is 11.8 Å². The highest BCUT2D eigenvalue weighted by molar-refractivity contribution is 5.96. The van der Waals surface area contributed by atoms with Crippen LogP contribution in [0.1, 0.15) is 36.8 Å². The number of rotatable bonds is 3. The maximum Gasteiger partial charge on any atom is 0.410 e. The van der Waals surface area contributed by atoms with Crippen molar-refractivity contribution >= 4 is 23.4 Å². The van der Waals surface area contributed by atoms with Crippen LogP contribution >= 0.6 is 0 Å². The van der Waals surface area contributed by atoms with Crippen LogP contribution in [-0.2, 0) is 9.47 Å². The molecule has 33 heavy (non-hydrogen) atoms. The summed E-state index contributed by atoms with van der Waals surface area (Å²) in [6, 6.07) is 3.93. The van der Waals surface area contributed by atoms with E-state index in [1.165, 1.54) is 16.0 Å². The topological polar surface area (TPSA) is 114 Å². The van der Waals surface area contributed by atoms with Gasteiger partial charge in [-0.3, -0.25) is 0 Å². The quantitative estimate of drug-likeness (QED) is 0.699. The Balaban J connectivity index is 1.87. The number of benzene rings is 1. The summed E-state index contributed by atoms with van der Waals surface area (Å²) in [5.74, 6) is -2.58. The fourth-order valence-electron chi connectivity index (χ4n) is 3.55. The number of halogens is 2. The van der Waals surface area contributed by atoms with E-state index in [0.29, 0.717) is 0 Å². The molecule has 1 aromatic heterocycles. The Labute approximate surface area is 189 Å². The standard InChI is InChI=1S/C22H25F2N5O4/c1-22(2,3)33-21(31)28-7-5-27(6-8-28)18-15(23)9-14(10-16(18)24)29-12-13(11-25)17(26)19(29)20(30)32-4/h9-10,12H,5-8,26H2,1-4H3. The normalized spacial score (nSPS) is 14.1. The van der Waals surface area contributed by atoms with E-state index in [-0.39, 0.29) is 54.5 Å².